The monoisotopic (exact) mass is 452 g/mol. The summed E-state index contributed by atoms with van der Waals surface area (Å²) in [5.74, 6) is 0.0525. The summed E-state index contributed by atoms with van der Waals surface area (Å²) in [7, 11) is 0. The molecule has 162 valence electrons. The molecule has 0 bridgehead atoms. The number of carbonyl (C=O) groups excluding carboxylic acids is 1. The van der Waals surface area contributed by atoms with Gasteiger partial charge in [-0.15, -0.1) is 0 Å². The van der Waals surface area contributed by atoms with Crippen molar-refractivity contribution >= 4 is 40.0 Å². The second kappa shape index (κ2) is 10.0. The summed E-state index contributed by atoms with van der Waals surface area (Å²) in [5, 5.41) is 14.7. The number of anilines is 1. The van der Waals surface area contributed by atoms with Gasteiger partial charge in [-0.05, 0) is 47.5 Å². The summed E-state index contributed by atoms with van der Waals surface area (Å²) in [6.45, 7) is 2.40. The lowest BCUT2D eigenvalue weighted by Gasteiger charge is -2.13. The minimum absolute atomic E-state index is 0.0494. The van der Waals surface area contributed by atoms with Gasteiger partial charge < -0.3 is 10.1 Å². The van der Waals surface area contributed by atoms with Crippen LogP contribution in [0.25, 0.3) is 16.8 Å². The first kappa shape index (κ1) is 22.1. The molecule has 33 heavy (non-hydrogen) atoms. The zero-order valence-corrected chi connectivity index (χ0v) is 18.8. The number of nitrogens with one attached hydrogen (secondary N) is 1. The van der Waals surface area contributed by atoms with Gasteiger partial charge in [0, 0.05) is 5.56 Å². The van der Waals surface area contributed by atoms with Crippen molar-refractivity contribution in [1.29, 1.82) is 5.26 Å². The van der Waals surface area contributed by atoms with Crippen molar-refractivity contribution < 1.29 is 9.53 Å². The van der Waals surface area contributed by atoms with Crippen molar-refractivity contribution in [3.8, 4) is 11.8 Å². The number of nitriles is 1. The number of fused-ring (bicyclic) bond motifs is 1. The Balaban J connectivity index is 1.71. The fraction of sp³-hybridized carbons (Fsp3) is 0.0714. The third-order valence-electron chi connectivity index (χ3n) is 5.18. The fourth-order valence-corrected chi connectivity index (χ4v) is 3.74. The van der Waals surface area contributed by atoms with Crippen LogP contribution in [0.2, 0.25) is 5.02 Å². The van der Waals surface area contributed by atoms with Crippen molar-refractivity contribution in [3.63, 3.8) is 0 Å². The van der Waals surface area contributed by atoms with E-state index < -0.39 is 5.91 Å². The van der Waals surface area contributed by atoms with Crippen molar-refractivity contribution in [1.82, 2.24) is 0 Å². The number of para-hydroxylation sites is 1. The highest BCUT2D eigenvalue weighted by molar-refractivity contribution is 6.34. The zero-order valence-electron chi connectivity index (χ0n) is 18.0. The van der Waals surface area contributed by atoms with Crippen LogP contribution in [0.5, 0.6) is 5.75 Å². The summed E-state index contributed by atoms with van der Waals surface area (Å²) in [6, 6.07) is 28.6. The molecular formula is C28H21ClN2O2. The maximum atomic E-state index is 12.9. The minimum Gasteiger partial charge on any atom is -0.488 e. The number of nitrogens with zero attached hydrogens (tertiary/aromatic N) is 1. The van der Waals surface area contributed by atoms with Gasteiger partial charge in [0.1, 0.15) is 24.0 Å². The van der Waals surface area contributed by atoms with Crippen LogP contribution in [0.4, 0.5) is 5.69 Å². The summed E-state index contributed by atoms with van der Waals surface area (Å²) in [5.41, 5.74) is 3.25. The topological polar surface area (TPSA) is 62.1 Å². The third-order valence-corrected chi connectivity index (χ3v) is 5.51. The Morgan fingerprint density at radius 3 is 2.61 bits per heavy atom. The van der Waals surface area contributed by atoms with Gasteiger partial charge in [0.25, 0.3) is 5.91 Å². The standard InChI is InChI=1S/C28H21ClN2O2/c1-19-7-6-8-20(15-19)18-33-27-14-13-21-9-2-3-10-23(21)24(27)16-22(17-30)28(32)31-26-12-5-4-11-25(26)29/h2-16H,18H2,1H3,(H,31,32)/b22-16+. The van der Waals surface area contributed by atoms with Crippen LogP contribution in [0, 0.1) is 18.3 Å². The number of rotatable bonds is 6. The van der Waals surface area contributed by atoms with E-state index in [0.29, 0.717) is 28.6 Å². The van der Waals surface area contributed by atoms with E-state index >= 15 is 0 Å². The molecule has 4 rings (SSSR count). The van der Waals surface area contributed by atoms with E-state index in [1.165, 1.54) is 0 Å². The van der Waals surface area contributed by atoms with E-state index in [-0.39, 0.29) is 5.57 Å². The molecule has 0 aliphatic heterocycles. The molecule has 0 saturated carbocycles. The fourth-order valence-electron chi connectivity index (χ4n) is 3.56. The SMILES string of the molecule is Cc1cccc(COc2ccc3ccccc3c2/C=C(\C#N)C(=O)Nc2ccccc2Cl)c1. The average molecular weight is 453 g/mol. The lowest BCUT2D eigenvalue weighted by molar-refractivity contribution is -0.112. The largest absolute Gasteiger partial charge is 0.488 e. The molecule has 0 fully saturated rings. The molecule has 0 unspecified atom stereocenters. The highest BCUT2D eigenvalue weighted by atomic mass is 35.5. The predicted octanol–water partition coefficient (Wildman–Crippen LogP) is 6.93. The van der Waals surface area contributed by atoms with E-state index in [1.54, 1.807) is 30.3 Å². The molecule has 0 atom stereocenters. The number of hydrogen-bond acceptors (Lipinski definition) is 3. The number of amides is 1. The predicted molar refractivity (Wildman–Crippen MR) is 133 cm³/mol. The van der Waals surface area contributed by atoms with E-state index in [0.717, 1.165) is 21.9 Å². The molecule has 0 heterocycles. The molecule has 0 radical (unpaired) electrons. The molecule has 1 amide bonds. The van der Waals surface area contributed by atoms with Crippen molar-refractivity contribution in [2.45, 2.75) is 13.5 Å². The van der Waals surface area contributed by atoms with Gasteiger partial charge in [0.2, 0.25) is 0 Å². The first-order valence-electron chi connectivity index (χ1n) is 10.4. The Hall–Kier alpha value is -4.07. The molecule has 0 aromatic heterocycles. The molecule has 4 aromatic carbocycles. The summed E-state index contributed by atoms with van der Waals surface area (Å²) in [6.07, 6.45) is 1.57. The minimum atomic E-state index is -0.539. The van der Waals surface area contributed by atoms with E-state index in [1.807, 2.05) is 67.6 Å². The number of benzene rings is 4. The Morgan fingerprint density at radius 1 is 1.03 bits per heavy atom. The Kier molecular flexibility index (Phi) is 6.73. The van der Waals surface area contributed by atoms with Crippen LogP contribution in [-0.4, -0.2) is 5.91 Å². The molecular weight excluding hydrogens is 432 g/mol. The Morgan fingerprint density at radius 2 is 1.82 bits per heavy atom. The molecule has 5 heteroatoms. The van der Waals surface area contributed by atoms with Gasteiger partial charge in [0.05, 0.1) is 10.7 Å². The van der Waals surface area contributed by atoms with E-state index in [2.05, 4.69) is 11.4 Å². The molecule has 4 aromatic rings. The number of ether oxygens (including phenoxy) is 1. The third kappa shape index (κ3) is 5.23. The molecule has 1 N–H and O–H groups in total. The Labute approximate surface area is 197 Å². The first-order valence-corrected chi connectivity index (χ1v) is 10.8. The van der Waals surface area contributed by atoms with Crippen LogP contribution in [-0.2, 0) is 11.4 Å². The van der Waals surface area contributed by atoms with Crippen LogP contribution in [0.15, 0.2) is 90.5 Å². The maximum absolute atomic E-state index is 12.9. The summed E-state index contributed by atoms with van der Waals surface area (Å²) in [4.78, 5) is 12.9. The smallest absolute Gasteiger partial charge is 0.266 e. The van der Waals surface area contributed by atoms with Gasteiger partial charge >= 0.3 is 0 Å². The summed E-state index contributed by atoms with van der Waals surface area (Å²) < 4.78 is 6.14. The molecule has 0 saturated heterocycles. The average Bonchev–Trinajstić information content (AvgIpc) is 2.83. The molecule has 4 nitrogen and oxygen atoms in total. The summed E-state index contributed by atoms with van der Waals surface area (Å²) >= 11 is 6.15. The van der Waals surface area contributed by atoms with Gasteiger partial charge in [-0.1, -0.05) is 83.9 Å². The lowest BCUT2D eigenvalue weighted by atomic mass is 10.0. The number of halogens is 1. The Bertz CT molecular complexity index is 1400. The number of aryl methyl sites for hydroxylation is 1. The van der Waals surface area contributed by atoms with Crippen molar-refractivity contribution in [2.24, 2.45) is 0 Å². The van der Waals surface area contributed by atoms with E-state index in [4.69, 9.17) is 16.3 Å². The molecule has 0 aliphatic carbocycles. The van der Waals surface area contributed by atoms with Gasteiger partial charge in [-0.3, -0.25) is 4.79 Å². The van der Waals surface area contributed by atoms with Crippen LogP contribution in [0.3, 0.4) is 0 Å². The highest BCUT2D eigenvalue weighted by Crippen LogP contribution is 2.31. The maximum Gasteiger partial charge on any atom is 0.266 e. The van der Waals surface area contributed by atoms with Crippen LogP contribution in [0.1, 0.15) is 16.7 Å². The quantitative estimate of drug-likeness (QED) is 0.255. The van der Waals surface area contributed by atoms with E-state index in [9.17, 15) is 10.1 Å². The zero-order chi connectivity index (χ0) is 23.2. The number of hydrogen-bond donors (Lipinski definition) is 1. The lowest BCUT2D eigenvalue weighted by Crippen LogP contribution is -2.13. The van der Waals surface area contributed by atoms with Gasteiger partial charge in [-0.25, -0.2) is 0 Å². The van der Waals surface area contributed by atoms with Crippen molar-refractivity contribution in [2.75, 3.05) is 5.32 Å². The second-order valence-corrected chi connectivity index (χ2v) is 7.99. The van der Waals surface area contributed by atoms with Gasteiger partial charge in [0.15, 0.2) is 0 Å². The van der Waals surface area contributed by atoms with Crippen LogP contribution >= 0.6 is 11.6 Å². The number of carbonyl (C=O) groups is 1. The van der Waals surface area contributed by atoms with Gasteiger partial charge in [-0.2, -0.15) is 5.26 Å². The second-order valence-electron chi connectivity index (χ2n) is 7.58. The first-order chi connectivity index (χ1) is 16.0. The van der Waals surface area contributed by atoms with Crippen LogP contribution < -0.4 is 10.1 Å². The van der Waals surface area contributed by atoms with Crippen molar-refractivity contribution in [3.05, 3.63) is 112 Å². The molecule has 0 aliphatic rings. The highest BCUT2D eigenvalue weighted by Gasteiger charge is 2.15. The molecule has 0 spiro atoms. The normalized spacial score (nSPS) is 11.1.